The Morgan fingerprint density at radius 3 is 2.44 bits per heavy atom. The lowest BCUT2D eigenvalue weighted by Crippen LogP contribution is -2.16. The van der Waals surface area contributed by atoms with E-state index in [-0.39, 0.29) is 11.5 Å². The van der Waals surface area contributed by atoms with Crippen molar-refractivity contribution < 1.29 is 0 Å². The van der Waals surface area contributed by atoms with Crippen LogP contribution in [0.3, 0.4) is 0 Å². The predicted molar refractivity (Wildman–Crippen MR) is 138 cm³/mol. The van der Waals surface area contributed by atoms with Crippen LogP contribution in [0.1, 0.15) is 28.3 Å². The highest BCUT2D eigenvalue weighted by Gasteiger charge is 2.21. The maximum atomic E-state index is 12.8. The van der Waals surface area contributed by atoms with E-state index < -0.39 is 0 Å². The highest BCUT2D eigenvalue weighted by molar-refractivity contribution is 6.30. The van der Waals surface area contributed by atoms with E-state index in [9.17, 15) is 4.79 Å². The fraction of sp³-hybridized carbons (Fsp3) is 0.103. The van der Waals surface area contributed by atoms with Gasteiger partial charge in [0.1, 0.15) is 0 Å². The summed E-state index contributed by atoms with van der Waals surface area (Å²) in [6, 6.07) is 23.6. The topological polar surface area (TPSA) is 39.8 Å². The van der Waals surface area contributed by atoms with Crippen LogP contribution in [-0.2, 0) is 14.1 Å². The van der Waals surface area contributed by atoms with Crippen molar-refractivity contribution in [2.75, 3.05) is 0 Å². The van der Waals surface area contributed by atoms with Crippen LogP contribution in [0.5, 0.6) is 0 Å². The number of aryl methyl sites for hydroxylation is 2. The molecule has 2 aromatic heterocycles. The van der Waals surface area contributed by atoms with Crippen molar-refractivity contribution in [3.05, 3.63) is 123 Å². The lowest BCUT2D eigenvalue weighted by molar-refractivity contribution is 0.793. The molecule has 5 heteroatoms. The summed E-state index contributed by atoms with van der Waals surface area (Å²) >= 11 is 6.18. The Hall–Kier alpha value is -4.07. The van der Waals surface area contributed by atoms with Crippen LogP contribution < -0.4 is 5.56 Å². The van der Waals surface area contributed by atoms with Crippen LogP contribution in [0.2, 0.25) is 5.02 Å². The average Bonchev–Trinajstić information content (AvgIpc) is 3.28. The molecule has 2 heterocycles. The molecule has 0 radical (unpaired) electrons. The van der Waals surface area contributed by atoms with Gasteiger partial charge in [-0.2, -0.15) is 0 Å². The Labute approximate surface area is 203 Å². The number of benzene rings is 3. The minimum Gasteiger partial charge on any atom is -0.337 e. The van der Waals surface area contributed by atoms with Gasteiger partial charge in [0.2, 0.25) is 0 Å². The third-order valence-corrected chi connectivity index (χ3v) is 6.55. The summed E-state index contributed by atoms with van der Waals surface area (Å²) in [5, 5.41) is 1.67. The Balaban J connectivity index is 1.79. The van der Waals surface area contributed by atoms with Gasteiger partial charge in [-0.3, -0.25) is 4.79 Å². The second kappa shape index (κ2) is 8.70. The van der Waals surface area contributed by atoms with Gasteiger partial charge in [0.25, 0.3) is 5.56 Å². The molecule has 0 unspecified atom stereocenters. The van der Waals surface area contributed by atoms with Gasteiger partial charge in [-0.1, -0.05) is 47.9 Å². The molecule has 0 bridgehead atoms. The van der Waals surface area contributed by atoms with E-state index in [4.69, 9.17) is 18.0 Å². The molecule has 34 heavy (non-hydrogen) atoms. The fourth-order valence-electron chi connectivity index (χ4n) is 4.51. The van der Waals surface area contributed by atoms with Crippen molar-refractivity contribution in [3.63, 3.8) is 0 Å². The van der Waals surface area contributed by atoms with E-state index in [2.05, 4.69) is 23.0 Å². The summed E-state index contributed by atoms with van der Waals surface area (Å²) in [5.74, 6) is 2.63. The highest BCUT2D eigenvalue weighted by Crippen LogP contribution is 2.36. The van der Waals surface area contributed by atoms with Gasteiger partial charge in [0, 0.05) is 48.0 Å². The number of halogens is 1. The summed E-state index contributed by atoms with van der Waals surface area (Å²) in [6.07, 6.45) is 9.33. The van der Waals surface area contributed by atoms with Gasteiger partial charge in [0.05, 0.1) is 17.8 Å². The zero-order chi connectivity index (χ0) is 23.8. The van der Waals surface area contributed by atoms with Crippen molar-refractivity contribution in [3.8, 4) is 23.5 Å². The molecule has 0 N–H and O–H groups in total. The van der Waals surface area contributed by atoms with Crippen LogP contribution in [0.15, 0.2) is 90.1 Å². The molecule has 5 aromatic rings. The average molecular weight is 464 g/mol. The van der Waals surface area contributed by atoms with Gasteiger partial charge >= 0.3 is 0 Å². The van der Waals surface area contributed by atoms with E-state index in [0.29, 0.717) is 5.02 Å². The van der Waals surface area contributed by atoms with E-state index in [1.165, 1.54) is 0 Å². The number of imidazole rings is 1. The molecule has 0 saturated heterocycles. The molecular weight excluding hydrogens is 442 g/mol. The molecule has 0 aliphatic carbocycles. The molecule has 5 rings (SSSR count). The number of pyridine rings is 1. The first-order valence-electron chi connectivity index (χ1n) is 10.9. The Morgan fingerprint density at radius 1 is 0.971 bits per heavy atom. The van der Waals surface area contributed by atoms with E-state index in [0.717, 1.165) is 44.4 Å². The van der Waals surface area contributed by atoms with Crippen molar-refractivity contribution in [1.82, 2.24) is 14.1 Å². The predicted octanol–water partition coefficient (Wildman–Crippen LogP) is 5.75. The molecule has 4 nitrogen and oxygen atoms in total. The molecule has 1 atom stereocenters. The molecule has 0 saturated carbocycles. The number of fused-ring (bicyclic) bond motifs is 1. The van der Waals surface area contributed by atoms with Crippen molar-refractivity contribution in [2.45, 2.75) is 5.92 Å². The van der Waals surface area contributed by atoms with Gasteiger partial charge in [0.15, 0.2) is 0 Å². The number of hydrogen-bond donors (Lipinski definition) is 0. The van der Waals surface area contributed by atoms with Crippen molar-refractivity contribution >= 4 is 22.5 Å². The minimum atomic E-state index is -0.0674. The van der Waals surface area contributed by atoms with E-state index in [1.54, 1.807) is 24.0 Å². The normalized spacial score (nSPS) is 11.9. The summed E-state index contributed by atoms with van der Waals surface area (Å²) in [6.45, 7) is 0. The number of aromatic nitrogens is 3. The minimum absolute atomic E-state index is 0.0590. The third-order valence-electron chi connectivity index (χ3n) is 6.30. The third kappa shape index (κ3) is 3.81. The maximum Gasteiger partial charge on any atom is 0.251 e. The zero-order valence-electron chi connectivity index (χ0n) is 18.9. The number of hydrogen-bond acceptors (Lipinski definition) is 2. The Bertz CT molecular complexity index is 1620. The SMILES string of the molecule is C#Cc1cccc(-c2cc(=O)n(C)c3ccc([C@@H](c4ccc(Cl)cc4)c4cncn4C)cc23)c1. The summed E-state index contributed by atoms with van der Waals surface area (Å²) in [4.78, 5) is 17.1. The molecule has 0 spiro atoms. The summed E-state index contributed by atoms with van der Waals surface area (Å²) < 4.78 is 3.70. The van der Waals surface area contributed by atoms with Crippen molar-refractivity contribution in [2.24, 2.45) is 14.1 Å². The van der Waals surface area contributed by atoms with Crippen LogP contribution in [-0.4, -0.2) is 14.1 Å². The van der Waals surface area contributed by atoms with E-state index >= 15 is 0 Å². The zero-order valence-corrected chi connectivity index (χ0v) is 19.6. The largest absolute Gasteiger partial charge is 0.337 e. The molecular formula is C29H22ClN3O. The van der Waals surface area contributed by atoms with Crippen LogP contribution in [0.4, 0.5) is 0 Å². The second-order valence-corrected chi connectivity index (χ2v) is 8.81. The standard InChI is InChI=1S/C29H22ClN3O/c1-4-19-6-5-7-21(14-19)24-16-28(34)33(3)26-13-10-22(15-25(24)26)29(27-17-31-18-32(27)2)20-8-11-23(30)12-9-20/h1,5-18,29H,2-3H3/t29-/m1/s1. The van der Waals surface area contributed by atoms with E-state index in [1.807, 2.05) is 72.4 Å². The molecule has 0 fully saturated rings. The fourth-order valence-corrected chi connectivity index (χ4v) is 4.63. The summed E-state index contributed by atoms with van der Waals surface area (Å²) in [5.41, 5.74) is 6.59. The molecule has 0 aliphatic heterocycles. The number of rotatable bonds is 4. The van der Waals surface area contributed by atoms with Gasteiger partial charge in [-0.05, 0) is 58.7 Å². The second-order valence-electron chi connectivity index (χ2n) is 8.37. The number of terminal acetylenes is 1. The quantitative estimate of drug-likeness (QED) is 0.318. The smallest absolute Gasteiger partial charge is 0.251 e. The maximum absolute atomic E-state index is 12.8. The van der Waals surface area contributed by atoms with Crippen LogP contribution in [0, 0.1) is 12.3 Å². The van der Waals surface area contributed by atoms with Gasteiger partial charge < -0.3 is 9.13 Å². The molecule has 0 amide bonds. The summed E-state index contributed by atoms with van der Waals surface area (Å²) in [7, 11) is 3.79. The Morgan fingerprint density at radius 2 is 1.74 bits per heavy atom. The van der Waals surface area contributed by atoms with Gasteiger partial charge in [-0.15, -0.1) is 6.42 Å². The monoisotopic (exact) mass is 463 g/mol. The Kier molecular flexibility index (Phi) is 5.57. The van der Waals surface area contributed by atoms with Gasteiger partial charge in [-0.25, -0.2) is 4.98 Å². The van der Waals surface area contributed by atoms with Crippen LogP contribution in [0.25, 0.3) is 22.0 Å². The van der Waals surface area contributed by atoms with Crippen molar-refractivity contribution in [1.29, 1.82) is 0 Å². The first-order chi connectivity index (χ1) is 16.5. The lowest BCUT2D eigenvalue weighted by Gasteiger charge is -2.21. The number of nitrogens with zero attached hydrogens (tertiary/aromatic N) is 3. The highest BCUT2D eigenvalue weighted by atomic mass is 35.5. The molecule has 3 aromatic carbocycles. The molecule has 0 aliphatic rings. The first kappa shape index (κ1) is 21.8. The molecule has 166 valence electrons. The first-order valence-corrected chi connectivity index (χ1v) is 11.3. The lowest BCUT2D eigenvalue weighted by atomic mass is 9.87. The van der Waals surface area contributed by atoms with Crippen LogP contribution >= 0.6 is 11.6 Å².